The smallest absolute Gasteiger partial charge is 0.352 e. The highest BCUT2D eigenvalue weighted by atomic mass is 16.4. The molecule has 2 heterocycles. The number of nitrogens with one attached hydrogen (secondary N) is 1. The predicted molar refractivity (Wildman–Crippen MR) is 68.5 cm³/mol. The molecule has 0 unspecified atom stereocenters. The molecule has 0 saturated carbocycles. The first-order chi connectivity index (χ1) is 9.04. The third kappa shape index (κ3) is 2.60. The number of nitrogens with zero attached hydrogens (tertiary/aromatic N) is 2. The van der Waals surface area contributed by atoms with E-state index in [9.17, 15) is 14.4 Å². The van der Waals surface area contributed by atoms with Gasteiger partial charge >= 0.3 is 11.7 Å². The van der Waals surface area contributed by atoms with Gasteiger partial charge in [-0.05, 0) is 32.9 Å². The molecule has 0 aliphatic carbocycles. The molecule has 1 aromatic rings. The van der Waals surface area contributed by atoms with Gasteiger partial charge in [0.2, 0.25) is 0 Å². The molecule has 1 aromatic heterocycles. The Hall–Kier alpha value is -1.89. The van der Waals surface area contributed by atoms with Crippen molar-refractivity contribution in [1.82, 2.24) is 14.5 Å². The van der Waals surface area contributed by atoms with Crippen LogP contribution in [-0.2, 0) is 13.1 Å². The number of carbonyl (C=O) groups is 1. The lowest BCUT2D eigenvalue weighted by Crippen LogP contribution is -2.40. The summed E-state index contributed by atoms with van der Waals surface area (Å²) in [6, 6.07) is 0. The topological polar surface area (TPSA) is 95.4 Å². The highest BCUT2D eigenvalue weighted by Crippen LogP contribution is 2.11. The molecular weight excluding hydrogens is 250 g/mol. The molecule has 0 amide bonds. The minimum Gasteiger partial charge on any atom is -0.477 e. The number of H-pyrrole nitrogens is 1. The van der Waals surface area contributed by atoms with E-state index in [4.69, 9.17) is 5.11 Å². The number of aromatic amines is 1. The minimum absolute atomic E-state index is 0.163. The zero-order chi connectivity index (χ0) is 14.0. The number of carboxylic acids is 1. The van der Waals surface area contributed by atoms with Gasteiger partial charge in [-0.3, -0.25) is 14.3 Å². The van der Waals surface area contributed by atoms with Gasteiger partial charge in [-0.1, -0.05) is 0 Å². The van der Waals surface area contributed by atoms with Crippen LogP contribution in [0.4, 0.5) is 0 Å². The largest absolute Gasteiger partial charge is 0.477 e. The van der Waals surface area contributed by atoms with Crippen LogP contribution in [0.15, 0.2) is 9.59 Å². The second-order valence-electron chi connectivity index (χ2n) is 4.62. The lowest BCUT2D eigenvalue weighted by atomic mass is 10.2. The molecule has 7 nitrogen and oxygen atoms in total. The van der Waals surface area contributed by atoms with E-state index in [1.54, 1.807) is 6.92 Å². The Morgan fingerprint density at radius 1 is 1.32 bits per heavy atom. The number of rotatable bonds is 4. The Morgan fingerprint density at radius 2 is 1.95 bits per heavy atom. The summed E-state index contributed by atoms with van der Waals surface area (Å²) in [4.78, 5) is 39.3. The van der Waals surface area contributed by atoms with E-state index in [1.165, 1.54) is 0 Å². The van der Waals surface area contributed by atoms with Crippen molar-refractivity contribution in [2.45, 2.75) is 32.9 Å². The van der Waals surface area contributed by atoms with E-state index < -0.39 is 17.2 Å². The van der Waals surface area contributed by atoms with Crippen LogP contribution in [0.2, 0.25) is 0 Å². The molecule has 2 rings (SSSR count). The van der Waals surface area contributed by atoms with Crippen LogP contribution < -0.4 is 11.2 Å². The van der Waals surface area contributed by atoms with E-state index in [2.05, 4.69) is 4.98 Å². The third-order valence-electron chi connectivity index (χ3n) is 3.39. The fraction of sp³-hybridized carbons (Fsp3) is 0.583. The van der Waals surface area contributed by atoms with Gasteiger partial charge in [0.1, 0.15) is 5.69 Å². The van der Waals surface area contributed by atoms with Crippen molar-refractivity contribution in [3.63, 3.8) is 0 Å². The normalized spacial score (nSPS) is 15.8. The summed E-state index contributed by atoms with van der Waals surface area (Å²) in [7, 11) is 0. The molecule has 7 heteroatoms. The lowest BCUT2D eigenvalue weighted by molar-refractivity contribution is 0.0686. The minimum atomic E-state index is -1.27. The van der Waals surface area contributed by atoms with Crippen LogP contribution in [0.25, 0.3) is 0 Å². The van der Waals surface area contributed by atoms with Crippen molar-refractivity contribution >= 4 is 5.97 Å². The molecule has 0 spiro atoms. The monoisotopic (exact) mass is 267 g/mol. The molecule has 0 aromatic carbocycles. The standard InChI is InChI=1S/C12H17N3O4/c1-2-15-10(16)8(7-14-5-3-4-6-14)9(11(17)18)13-12(15)19/h2-7H2,1H3,(H,13,19)(H,17,18). The van der Waals surface area contributed by atoms with Crippen molar-refractivity contribution < 1.29 is 9.90 Å². The maximum Gasteiger partial charge on any atom is 0.352 e. The Morgan fingerprint density at radius 3 is 2.47 bits per heavy atom. The Kier molecular flexibility index (Phi) is 3.84. The van der Waals surface area contributed by atoms with Gasteiger partial charge in [-0.15, -0.1) is 0 Å². The maximum absolute atomic E-state index is 12.2. The highest BCUT2D eigenvalue weighted by Gasteiger charge is 2.22. The number of carboxylic acid groups (broad SMARTS) is 1. The number of aromatic nitrogens is 2. The lowest BCUT2D eigenvalue weighted by Gasteiger charge is -2.16. The first-order valence-electron chi connectivity index (χ1n) is 6.36. The summed E-state index contributed by atoms with van der Waals surface area (Å²) in [5.41, 5.74) is -1.30. The molecule has 19 heavy (non-hydrogen) atoms. The first-order valence-corrected chi connectivity index (χ1v) is 6.36. The fourth-order valence-corrected chi connectivity index (χ4v) is 2.39. The molecule has 104 valence electrons. The second-order valence-corrected chi connectivity index (χ2v) is 4.62. The van der Waals surface area contributed by atoms with Crippen LogP contribution in [0.1, 0.15) is 35.8 Å². The zero-order valence-corrected chi connectivity index (χ0v) is 10.8. The van der Waals surface area contributed by atoms with Crippen LogP contribution >= 0.6 is 0 Å². The second kappa shape index (κ2) is 5.40. The highest BCUT2D eigenvalue weighted by molar-refractivity contribution is 5.86. The van der Waals surface area contributed by atoms with Gasteiger partial charge in [-0.25, -0.2) is 9.59 Å². The van der Waals surface area contributed by atoms with Crippen LogP contribution in [0, 0.1) is 0 Å². The van der Waals surface area contributed by atoms with Gasteiger partial charge in [0.05, 0.1) is 5.56 Å². The number of likely N-dealkylation sites (tertiary alicyclic amines) is 1. The van der Waals surface area contributed by atoms with Crippen molar-refractivity contribution in [3.05, 3.63) is 32.1 Å². The number of hydrogen-bond acceptors (Lipinski definition) is 4. The summed E-state index contributed by atoms with van der Waals surface area (Å²) in [6.07, 6.45) is 2.10. The molecule has 0 radical (unpaired) electrons. The van der Waals surface area contributed by atoms with Gasteiger partial charge in [0.25, 0.3) is 5.56 Å². The summed E-state index contributed by atoms with van der Waals surface area (Å²) < 4.78 is 1.03. The molecule has 2 N–H and O–H groups in total. The Bertz CT molecular complexity index is 596. The van der Waals surface area contributed by atoms with E-state index in [0.717, 1.165) is 30.5 Å². The molecule has 0 atom stereocenters. The van der Waals surface area contributed by atoms with E-state index in [-0.39, 0.29) is 24.3 Å². The zero-order valence-electron chi connectivity index (χ0n) is 10.8. The maximum atomic E-state index is 12.2. The van der Waals surface area contributed by atoms with Gasteiger partial charge in [-0.2, -0.15) is 0 Å². The molecule has 1 saturated heterocycles. The summed E-state index contributed by atoms with van der Waals surface area (Å²) in [5, 5.41) is 9.12. The number of aromatic carboxylic acids is 1. The average molecular weight is 267 g/mol. The summed E-state index contributed by atoms with van der Waals surface area (Å²) >= 11 is 0. The third-order valence-corrected chi connectivity index (χ3v) is 3.39. The Balaban J connectivity index is 2.51. The average Bonchev–Trinajstić information content (AvgIpc) is 2.85. The molecule has 0 bridgehead atoms. The van der Waals surface area contributed by atoms with Gasteiger partial charge < -0.3 is 10.1 Å². The first kappa shape index (κ1) is 13.5. The van der Waals surface area contributed by atoms with Gasteiger partial charge in [0, 0.05) is 13.1 Å². The Labute approximate surface area is 109 Å². The van der Waals surface area contributed by atoms with E-state index in [0.29, 0.717) is 0 Å². The predicted octanol–water partition coefficient (Wildman–Crippen LogP) is -0.149. The fourth-order valence-electron chi connectivity index (χ4n) is 2.39. The van der Waals surface area contributed by atoms with Crippen LogP contribution in [0.3, 0.4) is 0 Å². The van der Waals surface area contributed by atoms with Crippen molar-refractivity contribution in [1.29, 1.82) is 0 Å². The van der Waals surface area contributed by atoms with Crippen LogP contribution in [-0.4, -0.2) is 38.6 Å². The quantitative estimate of drug-likeness (QED) is 0.791. The van der Waals surface area contributed by atoms with E-state index in [1.807, 2.05) is 4.90 Å². The van der Waals surface area contributed by atoms with Crippen LogP contribution in [0.5, 0.6) is 0 Å². The molecule has 1 aliphatic rings. The molecule has 1 aliphatic heterocycles. The number of hydrogen-bond donors (Lipinski definition) is 2. The summed E-state index contributed by atoms with van der Waals surface area (Å²) in [5.74, 6) is -1.27. The molecular formula is C12H17N3O4. The van der Waals surface area contributed by atoms with Gasteiger partial charge in [0.15, 0.2) is 0 Å². The van der Waals surface area contributed by atoms with Crippen molar-refractivity contribution in [2.75, 3.05) is 13.1 Å². The van der Waals surface area contributed by atoms with Crippen molar-refractivity contribution in [3.8, 4) is 0 Å². The summed E-state index contributed by atoms with van der Waals surface area (Å²) in [6.45, 7) is 3.88. The van der Waals surface area contributed by atoms with E-state index >= 15 is 0 Å². The molecule has 1 fully saturated rings. The van der Waals surface area contributed by atoms with Crippen molar-refractivity contribution in [2.24, 2.45) is 0 Å². The SMILES string of the molecule is CCn1c(=O)[nH]c(C(=O)O)c(CN2CCCC2)c1=O.